The van der Waals surface area contributed by atoms with Crippen molar-refractivity contribution in [3.8, 4) is 0 Å². The third-order valence-electron chi connectivity index (χ3n) is 4.96. The van der Waals surface area contributed by atoms with Crippen LogP contribution in [0.1, 0.15) is 25.7 Å². The van der Waals surface area contributed by atoms with E-state index in [4.69, 9.17) is 0 Å². The maximum atomic E-state index is 1.65. The highest BCUT2D eigenvalue weighted by Crippen LogP contribution is 2.88. The first kappa shape index (κ1) is 4.00. The molecule has 0 aromatic carbocycles. The summed E-state index contributed by atoms with van der Waals surface area (Å²) in [7, 11) is 0. The molecule has 6 fully saturated rings. The maximum Gasteiger partial charge on any atom is -0.0204 e. The Balaban J connectivity index is 2.02. The van der Waals surface area contributed by atoms with Crippen LogP contribution >= 0.6 is 0 Å². The van der Waals surface area contributed by atoms with Gasteiger partial charge in [0.25, 0.3) is 0 Å². The van der Waals surface area contributed by atoms with Crippen molar-refractivity contribution in [2.24, 2.45) is 29.1 Å². The molecule has 6 rings (SSSR count). The zero-order chi connectivity index (χ0) is 5.64. The van der Waals surface area contributed by atoms with E-state index in [1.54, 1.807) is 25.7 Å². The van der Waals surface area contributed by atoms with Gasteiger partial charge in [-0.2, -0.15) is 0 Å². The van der Waals surface area contributed by atoms with E-state index in [9.17, 15) is 0 Å². The summed E-state index contributed by atoms with van der Waals surface area (Å²) in [6, 6.07) is 0. The van der Waals surface area contributed by atoms with Crippen molar-refractivity contribution in [3.05, 3.63) is 0 Å². The largest absolute Gasteiger partial charge is 0.0493 e. The monoisotopic (exact) mass is 120 g/mol. The number of fused-ring (bicyclic) bond motifs is 1. The predicted octanol–water partition coefficient (Wildman–Crippen LogP) is 2.05. The molecule has 0 aromatic heterocycles. The molecule has 0 N–H and O–H groups in total. The SMILES string of the molecule is C1C2C3CC[C@@H]2C32CC12. The van der Waals surface area contributed by atoms with Gasteiger partial charge < -0.3 is 0 Å². The van der Waals surface area contributed by atoms with Crippen molar-refractivity contribution >= 4 is 0 Å². The Morgan fingerprint density at radius 1 is 1.11 bits per heavy atom. The highest BCUT2D eigenvalue weighted by atomic mass is 14.9. The fourth-order valence-electron chi connectivity index (χ4n) is 4.79. The van der Waals surface area contributed by atoms with E-state index in [1.807, 2.05) is 0 Å². The van der Waals surface area contributed by atoms with Crippen LogP contribution in [0.5, 0.6) is 0 Å². The molecule has 0 radical (unpaired) electrons. The molecule has 9 heavy (non-hydrogen) atoms. The van der Waals surface area contributed by atoms with E-state index in [-0.39, 0.29) is 0 Å². The highest BCUT2D eigenvalue weighted by molar-refractivity contribution is 5.30. The van der Waals surface area contributed by atoms with Gasteiger partial charge in [-0.3, -0.25) is 0 Å². The van der Waals surface area contributed by atoms with Gasteiger partial charge in [0.15, 0.2) is 0 Å². The summed E-state index contributed by atoms with van der Waals surface area (Å²) >= 11 is 0. The van der Waals surface area contributed by atoms with E-state index in [0.29, 0.717) is 0 Å². The Morgan fingerprint density at radius 2 is 1.89 bits per heavy atom. The first-order valence-electron chi connectivity index (χ1n) is 4.43. The predicted molar refractivity (Wildman–Crippen MR) is 34.9 cm³/mol. The molecular formula is C9H12. The van der Waals surface area contributed by atoms with E-state index < -0.39 is 0 Å². The van der Waals surface area contributed by atoms with Crippen LogP contribution in [0.4, 0.5) is 0 Å². The topological polar surface area (TPSA) is 0 Å². The van der Waals surface area contributed by atoms with E-state index in [2.05, 4.69) is 0 Å². The van der Waals surface area contributed by atoms with Crippen molar-refractivity contribution in [2.75, 3.05) is 0 Å². The van der Waals surface area contributed by atoms with Crippen LogP contribution < -0.4 is 0 Å². The summed E-state index contributed by atoms with van der Waals surface area (Å²) in [5.41, 5.74) is 1.03. The first-order valence-corrected chi connectivity index (χ1v) is 4.43. The normalized spacial score (nSPS) is 80.0. The second kappa shape index (κ2) is 0.810. The number of hydrogen-bond donors (Lipinski definition) is 0. The molecule has 1 spiro atoms. The lowest BCUT2D eigenvalue weighted by atomic mass is 9.65. The van der Waals surface area contributed by atoms with Gasteiger partial charge in [-0.1, -0.05) is 0 Å². The molecule has 0 heteroatoms. The third-order valence-corrected chi connectivity index (χ3v) is 4.96. The minimum absolute atomic E-state index is 1.03. The van der Waals surface area contributed by atoms with Gasteiger partial charge in [0.1, 0.15) is 0 Å². The summed E-state index contributed by atoms with van der Waals surface area (Å²) in [5, 5.41) is 0. The van der Waals surface area contributed by atoms with E-state index in [1.165, 1.54) is 23.7 Å². The molecule has 6 aliphatic carbocycles. The lowest BCUT2D eigenvalue weighted by Gasteiger charge is -2.40. The van der Waals surface area contributed by atoms with Crippen molar-refractivity contribution in [2.45, 2.75) is 25.7 Å². The third kappa shape index (κ3) is 0.199. The van der Waals surface area contributed by atoms with Crippen LogP contribution in [0.25, 0.3) is 0 Å². The molecule has 4 unspecified atom stereocenters. The zero-order valence-corrected chi connectivity index (χ0v) is 5.64. The van der Waals surface area contributed by atoms with Gasteiger partial charge in [0.2, 0.25) is 0 Å². The smallest absolute Gasteiger partial charge is 0.0204 e. The lowest BCUT2D eigenvalue weighted by molar-refractivity contribution is 0.0755. The summed E-state index contributed by atoms with van der Waals surface area (Å²) in [6.45, 7) is 0. The molecular weight excluding hydrogens is 108 g/mol. The molecule has 48 valence electrons. The average molecular weight is 120 g/mol. The summed E-state index contributed by atoms with van der Waals surface area (Å²) in [6.07, 6.45) is 6.53. The highest BCUT2D eigenvalue weighted by Gasteiger charge is 2.81. The van der Waals surface area contributed by atoms with Gasteiger partial charge >= 0.3 is 0 Å². The van der Waals surface area contributed by atoms with Gasteiger partial charge in [-0.25, -0.2) is 0 Å². The van der Waals surface area contributed by atoms with Crippen LogP contribution in [0.15, 0.2) is 0 Å². The number of hydrogen-bond acceptors (Lipinski definition) is 0. The first-order chi connectivity index (χ1) is 4.43. The molecule has 5 atom stereocenters. The Morgan fingerprint density at radius 3 is 2.22 bits per heavy atom. The zero-order valence-electron chi connectivity index (χ0n) is 5.64. The standard InChI is InChI=1S/C9H12/c1-2-8-6-3-5-4-9(5,8)7(1)6/h5-8H,1-4H2/t5?,6?,7-,8?,9?/m0/s1. The summed E-state index contributed by atoms with van der Waals surface area (Å²) in [5.74, 6) is 5.02. The Kier molecular flexibility index (Phi) is 0.360. The van der Waals surface area contributed by atoms with E-state index >= 15 is 0 Å². The van der Waals surface area contributed by atoms with Crippen molar-refractivity contribution in [3.63, 3.8) is 0 Å². The Bertz CT molecular complexity index is 182. The second-order valence-corrected chi connectivity index (χ2v) is 4.70. The Labute approximate surface area is 55.6 Å². The molecule has 0 aromatic rings. The van der Waals surface area contributed by atoms with E-state index in [0.717, 1.165) is 5.41 Å². The molecule has 0 heterocycles. The van der Waals surface area contributed by atoms with Gasteiger partial charge in [0, 0.05) is 0 Å². The number of rotatable bonds is 0. The maximum absolute atomic E-state index is 1.65. The molecule has 0 amide bonds. The molecule has 6 aliphatic rings. The average Bonchev–Trinajstić information content (AvgIpc) is 2.39. The minimum Gasteiger partial charge on any atom is -0.0493 e. The van der Waals surface area contributed by atoms with Gasteiger partial charge in [-0.05, 0) is 54.8 Å². The molecule has 0 nitrogen and oxygen atoms in total. The van der Waals surface area contributed by atoms with Crippen LogP contribution in [0.3, 0.4) is 0 Å². The molecule has 0 saturated heterocycles. The van der Waals surface area contributed by atoms with Gasteiger partial charge in [-0.15, -0.1) is 0 Å². The molecule has 0 aliphatic heterocycles. The van der Waals surface area contributed by atoms with Crippen LogP contribution in [0, 0.1) is 29.1 Å². The Hall–Kier alpha value is 0. The summed E-state index contributed by atoms with van der Waals surface area (Å²) < 4.78 is 0. The van der Waals surface area contributed by atoms with Crippen molar-refractivity contribution in [1.82, 2.24) is 0 Å². The second-order valence-electron chi connectivity index (χ2n) is 4.70. The minimum atomic E-state index is 1.03. The fraction of sp³-hybridized carbons (Fsp3) is 1.00. The van der Waals surface area contributed by atoms with Crippen molar-refractivity contribution < 1.29 is 0 Å². The fourth-order valence-corrected chi connectivity index (χ4v) is 4.79. The van der Waals surface area contributed by atoms with Crippen LogP contribution in [-0.4, -0.2) is 0 Å². The van der Waals surface area contributed by atoms with Gasteiger partial charge in [0.05, 0.1) is 0 Å². The lowest BCUT2D eigenvalue weighted by Crippen LogP contribution is -2.35. The van der Waals surface area contributed by atoms with Crippen molar-refractivity contribution in [1.29, 1.82) is 0 Å². The molecule has 4 bridgehead atoms. The summed E-state index contributed by atoms with van der Waals surface area (Å²) in [4.78, 5) is 0. The molecule has 6 saturated carbocycles. The van der Waals surface area contributed by atoms with Crippen LogP contribution in [-0.2, 0) is 0 Å². The van der Waals surface area contributed by atoms with Crippen LogP contribution in [0.2, 0.25) is 0 Å². The quantitative estimate of drug-likeness (QED) is 0.459.